The summed E-state index contributed by atoms with van der Waals surface area (Å²) >= 11 is 0. The van der Waals surface area contributed by atoms with Crippen molar-refractivity contribution in [1.29, 1.82) is 0 Å². The molecule has 2 aromatic carbocycles. The highest BCUT2D eigenvalue weighted by molar-refractivity contribution is 5.94. The van der Waals surface area contributed by atoms with Crippen LogP contribution >= 0.6 is 0 Å². The molecule has 2 N–H and O–H groups in total. The number of nitrogens with one attached hydrogen (secondary N) is 2. The maximum absolute atomic E-state index is 12.3. The quantitative estimate of drug-likeness (QED) is 0.522. The van der Waals surface area contributed by atoms with Crippen LogP contribution in [0.5, 0.6) is 0 Å². The van der Waals surface area contributed by atoms with E-state index in [0.717, 1.165) is 80.2 Å². The van der Waals surface area contributed by atoms with E-state index < -0.39 is 0 Å². The van der Waals surface area contributed by atoms with Gasteiger partial charge in [0.15, 0.2) is 0 Å². The lowest BCUT2D eigenvalue weighted by Crippen LogP contribution is -2.49. The summed E-state index contributed by atoms with van der Waals surface area (Å²) in [6, 6.07) is 17.9. The number of benzene rings is 2. The van der Waals surface area contributed by atoms with Crippen molar-refractivity contribution in [1.82, 2.24) is 14.9 Å². The minimum atomic E-state index is 0.105. The molecule has 0 spiro atoms. The van der Waals surface area contributed by atoms with E-state index in [1.54, 1.807) is 6.20 Å². The molecule has 184 valence electrons. The van der Waals surface area contributed by atoms with Crippen molar-refractivity contribution in [2.45, 2.75) is 25.7 Å². The molecule has 0 atom stereocenters. The van der Waals surface area contributed by atoms with Crippen LogP contribution < -0.4 is 15.5 Å². The van der Waals surface area contributed by atoms with Crippen molar-refractivity contribution >= 4 is 34.8 Å². The van der Waals surface area contributed by atoms with Crippen LogP contribution in [0.25, 0.3) is 11.3 Å². The summed E-state index contributed by atoms with van der Waals surface area (Å²) in [7, 11) is 0. The molecule has 1 saturated heterocycles. The van der Waals surface area contributed by atoms with Gasteiger partial charge in [-0.3, -0.25) is 9.59 Å². The number of hydrogen-bond acceptors (Lipinski definition) is 6. The van der Waals surface area contributed by atoms with Gasteiger partial charge >= 0.3 is 0 Å². The molecule has 1 aliphatic heterocycles. The third kappa shape index (κ3) is 5.17. The van der Waals surface area contributed by atoms with Gasteiger partial charge in [-0.15, -0.1) is 0 Å². The molecule has 8 heteroatoms. The molecular weight excluding hydrogens is 452 g/mol. The molecule has 0 radical (unpaired) electrons. The molecule has 2 heterocycles. The molecule has 2 aliphatic carbocycles. The fraction of sp³-hybridized carbons (Fsp3) is 0.357. The van der Waals surface area contributed by atoms with Crippen molar-refractivity contribution in [3.63, 3.8) is 0 Å². The van der Waals surface area contributed by atoms with Gasteiger partial charge in [0.1, 0.15) is 0 Å². The van der Waals surface area contributed by atoms with Crippen molar-refractivity contribution in [3.05, 3.63) is 60.8 Å². The summed E-state index contributed by atoms with van der Waals surface area (Å²) in [5.41, 5.74) is 4.64. The van der Waals surface area contributed by atoms with Crippen molar-refractivity contribution in [2.75, 3.05) is 41.7 Å². The van der Waals surface area contributed by atoms with Gasteiger partial charge in [0, 0.05) is 66.8 Å². The minimum Gasteiger partial charge on any atom is -0.368 e. The normalized spacial score (nSPS) is 17.6. The van der Waals surface area contributed by atoms with E-state index in [9.17, 15) is 9.59 Å². The highest BCUT2D eigenvalue weighted by Gasteiger charge is 2.34. The topological polar surface area (TPSA) is 90.5 Å². The Labute approximate surface area is 210 Å². The molecule has 2 amide bonds. The molecule has 3 aliphatic rings. The molecule has 8 nitrogen and oxygen atoms in total. The average Bonchev–Trinajstić information content (AvgIpc) is 3.83. The largest absolute Gasteiger partial charge is 0.368 e. The summed E-state index contributed by atoms with van der Waals surface area (Å²) < 4.78 is 0. The van der Waals surface area contributed by atoms with Crippen molar-refractivity contribution < 1.29 is 9.59 Å². The monoisotopic (exact) mass is 482 g/mol. The number of anilines is 4. The zero-order chi connectivity index (χ0) is 24.5. The summed E-state index contributed by atoms with van der Waals surface area (Å²) in [4.78, 5) is 37.6. The summed E-state index contributed by atoms with van der Waals surface area (Å²) in [5.74, 6) is 1.45. The number of piperazine rings is 1. The van der Waals surface area contributed by atoms with Gasteiger partial charge in [-0.1, -0.05) is 12.1 Å². The number of nitrogens with zero attached hydrogens (tertiary/aromatic N) is 4. The number of carbonyl (C=O) groups is 2. The molecule has 0 bridgehead atoms. The lowest BCUT2D eigenvalue weighted by atomic mass is 10.1. The van der Waals surface area contributed by atoms with Crippen LogP contribution in [0.1, 0.15) is 25.7 Å². The van der Waals surface area contributed by atoms with Crippen LogP contribution in [-0.4, -0.2) is 52.9 Å². The van der Waals surface area contributed by atoms with Crippen LogP contribution in [-0.2, 0) is 9.59 Å². The van der Waals surface area contributed by atoms with E-state index in [0.29, 0.717) is 17.8 Å². The van der Waals surface area contributed by atoms with Crippen LogP contribution in [0.2, 0.25) is 0 Å². The summed E-state index contributed by atoms with van der Waals surface area (Å²) in [5, 5.41) is 6.26. The van der Waals surface area contributed by atoms with E-state index in [-0.39, 0.29) is 11.8 Å². The second-order valence-electron chi connectivity index (χ2n) is 9.86. The number of aromatic nitrogens is 2. The molecular formula is C28H30N6O2. The molecule has 6 rings (SSSR count). The van der Waals surface area contributed by atoms with Gasteiger partial charge < -0.3 is 20.4 Å². The lowest BCUT2D eigenvalue weighted by Gasteiger charge is -2.36. The second-order valence-corrected chi connectivity index (χ2v) is 9.86. The zero-order valence-electron chi connectivity index (χ0n) is 20.2. The summed E-state index contributed by atoms with van der Waals surface area (Å²) in [6.45, 7) is 3.31. The highest BCUT2D eigenvalue weighted by Crippen LogP contribution is 2.32. The third-order valence-electron chi connectivity index (χ3n) is 7.06. The average molecular weight is 483 g/mol. The predicted octanol–water partition coefficient (Wildman–Crippen LogP) is 4.29. The maximum Gasteiger partial charge on any atom is 0.227 e. The van der Waals surface area contributed by atoms with Crippen LogP contribution in [0.3, 0.4) is 0 Å². The fourth-order valence-corrected chi connectivity index (χ4v) is 4.55. The maximum atomic E-state index is 12.3. The molecule has 1 aromatic heterocycles. The first-order valence-electron chi connectivity index (χ1n) is 12.8. The van der Waals surface area contributed by atoms with Crippen LogP contribution in [0.4, 0.5) is 23.0 Å². The van der Waals surface area contributed by atoms with E-state index in [4.69, 9.17) is 0 Å². The van der Waals surface area contributed by atoms with E-state index in [1.165, 1.54) is 0 Å². The molecule has 2 saturated carbocycles. The van der Waals surface area contributed by atoms with Gasteiger partial charge in [0.25, 0.3) is 0 Å². The number of amides is 2. The number of rotatable bonds is 7. The van der Waals surface area contributed by atoms with Gasteiger partial charge in [-0.05, 0) is 68.1 Å². The van der Waals surface area contributed by atoms with Gasteiger partial charge in [-0.25, -0.2) is 9.97 Å². The second kappa shape index (κ2) is 9.60. The first-order chi connectivity index (χ1) is 17.6. The van der Waals surface area contributed by atoms with Gasteiger partial charge in [-0.2, -0.15) is 0 Å². The third-order valence-corrected chi connectivity index (χ3v) is 7.06. The Morgan fingerprint density at radius 1 is 0.778 bits per heavy atom. The summed E-state index contributed by atoms with van der Waals surface area (Å²) in [6.07, 6.45) is 5.84. The Morgan fingerprint density at radius 3 is 2.11 bits per heavy atom. The predicted molar refractivity (Wildman–Crippen MR) is 140 cm³/mol. The highest BCUT2D eigenvalue weighted by atomic mass is 16.2. The van der Waals surface area contributed by atoms with E-state index in [2.05, 4.69) is 37.6 Å². The van der Waals surface area contributed by atoms with Crippen LogP contribution in [0.15, 0.2) is 60.8 Å². The van der Waals surface area contributed by atoms with Gasteiger partial charge in [0.2, 0.25) is 17.8 Å². The molecule has 0 unspecified atom stereocenters. The Kier molecular flexibility index (Phi) is 6.01. The molecule has 36 heavy (non-hydrogen) atoms. The van der Waals surface area contributed by atoms with E-state index in [1.807, 2.05) is 47.4 Å². The van der Waals surface area contributed by atoms with Gasteiger partial charge in [0.05, 0.1) is 5.69 Å². The fourth-order valence-electron chi connectivity index (χ4n) is 4.55. The smallest absolute Gasteiger partial charge is 0.227 e. The Balaban J connectivity index is 1.06. The Morgan fingerprint density at radius 2 is 1.44 bits per heavy atom. The van der Waals surface area contributed by atoms with Crippen LogP contribution in [0, 0.1) is 11.8 Å². The molecule has 3 fully saturated rings. The van der Waals surface area contributed by atoms with Crippen molar-refractivity contribution in [3.8, 4) is 11.3 Å². The number of carbonyl (C=O) groups excluding carboxylic acids is 2. The van der Waals surface area contributed by atoms with E-state index >= 15 is 0 Å². The first-order valence-corrected chi connectivity index (χ1v) is 12.8. The molecule has 3 aromatic rings. The standard InChI is InChI=1S/C28H30N6O2/c35-26(20-1-2-20)30-22-7-5-19(6-8-22)25-13-14-29-28(32-25)31-23-9-11-24(12-10-23)33-15-17-34(18-16-33)27(36)21-3-4-21/h5-14,20-21H,1-4,15-18H2,(H,30,35)(H,29,31,32). The Hall–Kier alpha value is -3.94. The van der Waals surface area contributed by atoms with Crippen molar-refractivity contribution in [2.24, 2.45) is 11.8 Å². The minimum absolute atomic E-state index is 0.105. The first kappa shape index (κ1) is 22.5. The number of hydrogen-bond donors (Lipinski definition) is 2. The SMILES string of the molecule is O=C(Nc1ccc(-c2ccnc(Nc3ccc(N4CCN(C(=O)C5CC5)CC4)cc3)n2)cc1)C1CC1. The Bertz CT molecular complexity index is 1240. The zero-order valence-corrected chi connectivity index (χ0v) is 20.2. The lowest BCUT2D eigenvalue weighted by molar-refractivity contribution is -0.132.